The fraction of sp³-hybridized carbons (Fsp3) is 0.111. The molecule has 0 atom stereocenters. The third-order valence-corrected chi connectivity index (χ3v) is 2.27. The molecule has 2 N–H and O–H groups in total. The Hall–Kier alpha value is -1.49. The standard InChI is InChI=1S/C9H10N4S/c1-6-3-2-4-7(5-6)8-9(10)13(14)12-11-8/h2-5,14H,10H2,1H3. The zero-order valence-electron chi connectivity index (χ0n) is 7.68. The molecule has 14 heavy (non-hydrogen) atoms. The molecule has 0 radical (unpaired) electrons. The van der Waals surface area contributed by atoms with Crippen molar-refractivity contribution in [3.8, 4) is 11.3 Å². The van der Waals surface area contributed by atoms with Gasteiger partial charge in [0, 0.05) is 5.56 Å². The predicted molar refractivity (Wildman–Crippen MR) is 59.0 cm³/mol. The molecule has 0 saturated heterocycles. The molecular formula is C9H10N4S. The van der Waals surface area contributed by atoms with E-state index in [0.717, 1.165) is 11.1 Å². The maximum atomic E-state index is 5.75. The Kier molecular flexibility index (Phi) is 2.17. The zero-order valence-corrected chi connectivity index (χ0v) is 8.57. The number of benzene rings is 1. The summed E-state index contributed by atoms with van der Waals surface area (Å²) in [6.45, 7) is 2.02. The highest BCUT2D eigenvalue weighted by Crippen LogP contribution is 2.23. The van der Waals surface area contributed by atoms with E-state index < -0.39 is 0 Å². The van der Waals surface area contributed by atoms with Crippen LogP contribution in [0.4, 0.5) is 5.82 Å². The van der Waals surface area contributed by atoms with E-state index >= 15 is 0 Å². The van der Waals surface area contributed by atoms with Crippen LogP contribution in [0.25, 0.3) is 11.3 Å². The molecule has 0 aliphatic rings. The van der Waals surface area contributed by atoms with Crippen LogP contribution >= 0.6 is 12.8 Å². The highest BCUT2D eigenvalue weighted by molar-refractivity contribution is 7.78. The van der Waals surface area contributed by atoms with Crippen molar-refractivity contribution in [1.82, 2.24) is 14.4 Å². The van der Waals surface area contributed by atoms with Gasteiger partial charge in [0.25, 0.3) is 0 Å². The van der Waals surface area contributed by atoms with E-state index in [2.05, 4.69) is 23.1 Å². The van der Waals surface area contributed by atoms with Gasteiger partial charge in [-0.1, -0.05) is 29.0 Å². The number of hydrogen-bond donors (Lipinski definition) is 2. The lowest BCUT2D eigenvalue weighted by Gasteiger charge is -1.99. The predicted octanol–water partition coefficient (Wildman–Crippen LogP) is 1.53. The largest absolute Gasteiger partial charge is 0.381 e. The second-order valence-electron chi connectivity index (χ2n) is 3.08. The van der Waals surface area contributed by atoms with Gasteiger partial charge in [-0.25, -0.2) is 0 Å². The SMILES string of the molecule is Cc1cccc(-c2nnn(S)c2N)c1. The average molecular weight is 206 g/mol. The Morgan fingerprint density at radius 3 is 2.79 bits per heavy atom. The van der Waals surface area contributed by atoms with Crippen LogP contribution in [-0.4, -0.2) is 14.4 Å². The summed E-state index contributed by atoms with van der Waals surface area (Å²) in [4.78, 5) is 0. The van der Waals surface area contributed by atoms with Crippen LogP contribution in [0.5, 0.6) is 0 Å². The van der Waals surface area contributed by atoms with Crippen LogP contribution in [0.3, 0.4) is 0 Å². The van der Waals surface area contributed by atoms with E-state index in [1.54, 1.807) is 0 Å². The zero-order chi connectivity index (χ0) is 10.1. The Balaban J connectivity index is 2.55. The van der Waals surface area contributed by atoms with Crippen molar-refractivity contribution in [2.45, 2.75) is 6.92 Å². The molecule has 0 unspecified atom stereocenters. The summed E-state index contributed by atoms with van der Waals surface area (Å²) in [5.41, 5.74) is 8.54. The number of aryl methyl sites for hydroxylation is 1. The third-order valence-electron chi connectivity index (χ3n) is 1.98. The van der Waals surface area contributed by atoms with Gasteiger partial charge in [0.15, 0.2) is 5.82 Å². The van der Waals surface area contributed by atoms with Crippen LogP contribution < -0.4 is 5.73 Å². The summed E-state index contributed by atoms with van der Waals surface area (Å²) in [6, 6.07) is 7.93. The van der Waals surface area contributed by atoms with Crippen molar-refractivity contribution in [3.63, 3.8) is 0 Å². The summed E-state index contributed by atoms with van der Waals surface area (Å²) < 4.78 is 1.26. The number of nitrogens with zero attached hydrogens (tertiary/aromatic N) is 3. The molecule has 0 aliphatic heterocycles. The lowest BCUT2D eigenvalue weighted by Crippen LogP contribution is -1.93. The van der Waals surface area contributed by atoms with Gasteiger partial charge in [-0.05, 0) is 25.8 Å². The number of rotatable bonds is 1. The molecule has 0 bridgehead atoms. The number of aromatic nitrogens is 3. The molecule has 0 saturated carbocycles. The highest BCUT2D eigenvalue weighted by atomic mass is 32.1. The van der Waals surface area contributed by atoms with E-state index in [-0.39, 0.29) is 0 Å². The maximum absolute atomic E-state index is 5.75. The molecule has 72 valence electrons. The first kappa shape index (κ1) is 9.08. The van der Waals surface area contributed by atoms with Crippen molar-refractivity contribution in [2.75, 3.05) is 5.73 Å². The van der Waals surface area contributed by atoms with Crippen molar-refractivity contribution in [3.05, 3.63) is 29.8 Å². The molecular weight excluding hydrogens is 196 g/mol. The topological polar surface area (TPSA) is 56.7 Å². The average Bonchev–Trinajstić information content (AvgIpc) is 2.48. The summed E-state index contributed by atoms with van der Waals surface area (Å²) in [6.07, 6.45) is 0. The van der Waals surface area contributed by atoms with Gasteiger partial charge >= 0.3 is 0 Å². The van der Waals surface area contributed by atoms with Gasteiger partial charge in [-0.3, -0.25) is 0 Å². The van der Waals surface area contributed by atoms with E-state index in [4.69, 9.17) is 5.73 Å². The molecule has 5 heteroatoms. The first-order valence-corrected chi connectivity index (χ1v) is 4.56. The van der Waals surface area contributed by atoms with Crippen LogP contribution in [-0.2, 0) is 0 Å². The smallest absolute Gasteiger partial charge is 0.162 e. The molecule has 1 aromatic carbocycles. The molecule has 2 aromatic rings. The van der Waals surface area contributed by atoms with Crippen molar-refractivity contribution < 1.29 is 0 Å². The summed E-state index contributed by atoms with van der Waals surface area (Å²) in [5, 5.41) is 7.67. The fourth-order valence-electron chi connectivity index (χ4n) is 1.28. The number of anilines is 1. The molecule has 0 fully saturated rings. The number of nitrogen functional groups attached to an aromatic ring is 1. The molecule has 0 spiro atoms. The lowest BCUT2D eigenvalue weighted by molar-refractivity contribution is 0.902. The highest BCUT2D eigenvalue weighted by Gasteiger charge is 2.09. The molecule has 4 nitrogen and oxygen atoms in total. The van der Waals surface area contributed by atoms with E-state index in [0.29, 0.717) is 11.5 Å². The van der Waals surface area contributed by atoms with Crippen molar-refractivity contribution >= 4 is 18.6 Å². The summed E-state index contributed by atoms with van der Waals surface area (Å²) in [7, 11) is 0. The van der Waals surface area contributed by atoms with Gasteiger partial charge in [0.1, 0.15) is 5.69 Å². The number of hydrogen-bond acceptors (Lipinski definition) is 4. The minimum absolute atomic E-state index is 0.457. The van der Waals surface area contributed by atoms with Crippen LogP contribution in [0, 0.1) is 6.92 Å². The van der Waals surface area contributed by atoms with Gasteiger partial charge in [-0.2, -0.15) is 4.09 Å². The maximum Gasteiger partial charge on any atom is 0.162 e. The minimum Gasteiger partial charge on any atom is -0.381 e. The molecule has 1 heterocycles. The lowest BCUT2D eigenvalue weighted by atomic mass is 10.1. The fourth-order valence-corrected chi connectivity index (χ4v) is 1.41. The van der Waals surface area contributed by atoms with E-state index in [1.165, 1.54) is 4.09 Å². The monoisotopic (exact) mass is 206 g/mol. The number of thiol groups is 1. The van der Waals surface area contributed by atoms with Gasteiger partial charge < -0.3 is 5.73 Å². The first-order chi connectivity index (χ1) is 6.68. The minimum atomic E-state index is 0.457. The summed E-state index contributed by atoms with van der Waals surface area (Å²) in [5.74, 6) is 0.457. The Morgan fingerprint density at radius 1 is 1.43 bits per heavy atom. The van der Waals surface area contributed by atoms with E-state index in [9.17, 15) is 0 Å². The molecule has 1 aromatic heterocycles. The van der Waals surface area contributed by atoms with Crippen molar-refractivity contribution in [1.29, 1.82) is 0 Å². The van der Waals surface area contributed by atoms with Gasteiger partial charge in [0.05, 0.1) is 0 Å². The van der Waals surface area contributed by atoms with Gasteiger partial charge in [-0.15, -0.1) is 5.10 Å². The van der Waals surface area contributed by atoms with Crippen LogP contribution in [0.2, 0.25) is 0 Å². The Labute approximate surface area is 87.3 Å². The Morgan fingerprint density at radius 2 is 2.21 bits per heavy atom. The Bertz CT molecular complexity index is 464. The first-order valence-electron chi connectivity index (χ1n) is 4.16. The second-order valence-corrected chi connectivity index (χ2v) is 3.46. The van der Waals surface area contributed by atoms with Crippen LogP contribution in [0.1, 0.15) is 5.56 Å². The quantitative estimate of drug-likeness (QED) is 0.696. The molecule has 2 rings (SSSR count). The number of nitrogens with two attached hydrogens (primary N) is 1. The molecule has 0 aliphatic carbocycles. The normalized spacial score (nSPS) is 10.4. The third kappa shape index (κ3) is 1.46. The van der Waals surface area contributed by atoms with E-state index in [1.807, 2.05) is 31.2 Å². The summed E-state index contributed by atoms with van der Waals surface area (Å²) >= 11 is 4.01. The van der Waals surface area contributed by atoms with Crippen LogP contribution in [0.15, 0.2) is 24.3 Å². The molecule has 0 amide bonds. The van der Waals surface area contributed by atoms with Gasteiger partial charge in [0.2, 0.25) is 0 Å². The van der Waals surface area contributed by atoms with Crippen molar-refractivity contribution in [2.24, 2.45) is 0 Å². The second kappa shape index (κ2) is 3.34.